The Bertz CT molecular complexity index is 1370. The van der Waals surface area contributed by atoms with Gasteiger partial charge in [0, 0.05) is 36.4 Å². The number of ether oxygens (including phenoxy) is 2. The lowest BCUT2D eigenvalue weighted by atomic mass is 10.0. The van der Waals surface area contributed by atoms with Crippen molar-refractivity contribution in [2.24, 2.45) is 5.92 Å². The van der Waals surface area contributed by atoms with Gasteiger partial charge in [-0.15, -0.1) is 5.10 Å². The fourth-order valence-corrected chi connectivity index (χ4v) is 4.57. The first-order valence-electron chi connectivity index (χ1n) is 13.5. The third-order valence-corrected chi connectivity index (χ3v) is 7.04. The number of methoxy groups -OCH3 is 1. The minimum absolute atomic E-state index is 0.00359. The number of fused-ring (bicyclic) bond motifs is 1. The summed E-state index contributed by atoms with van der Waals surface area (Å²) >= 11 is 0. The van der Waals surface area contributed by atoms with Crippen LogP contribution in [-0.4, -0.2) is 99.0 Å². The number of carbonyl (C=O) groups is 3. The molecule has 3 atom stereocenters. The van der Waals surface area contributed by atoms with Crippen molar-refractivity contribution in [2.75, 3.05) is 44.5 Å². The molecule has 1 aromatic heterocycles. The molecular weight excluding hydrogens is 544 g/mol. The number of amides is 4. The van der Waals surface area contributed by atoms with Gasteiger partial charge in [-0.2, -0.15) is 0 Å². The Labute approximate surface area is 243 Å². The van der Waals surface area contributed by atoms with Gasteiger partial charge in [0.15, 0.2) is 0 Å². The van der Waals surface area contributed by atoms with Crippen LogP contribution in [-0.2, 0) is 22.6 Å². The quantitative estimate of drug-likeness (QED) is 0.341. The molecule has 0 saturated carbocycles. The summed E-state index contributed by atoms with van der Waals surface area (Å²) in [4.78, 5) is 42.1. The van der Waals surface area contributed by atoms with Crippen LogP contribution in [0.15, 0.2) is 48.8 Å². The molecule has 0 bridgehead atoms. The smallest absolute Gasteiger partial charge is 0.321 e. The molecule has 0 saturated heterocycles. The van der Waals surface area contributed by atoms with Crippen molar-refractivity contribution < 1.29 is 29.0 Å². The molecule has 2 heterocycles. The van der Waals surface area contributed by atoms with Gasteiger partial charge in [-0.3, -0.25) is 9.59 Å². The lowest BCUT2D eigenvalue weighted by Gasteiger charge is -2.34. The number of tetrazole rings is 1. The van der Waals surface area contributed by atoms with Crippen LogP contribution in [0, 0.1) is 5.92 Å². The van der Waals surface area contributed by atoms with Crippen molar-refractivity contribution in [3.63, 3.8) is 0 Å². The fraction of sp³-hybridized carbons (Fsp3) is 0.429. The largest absolute Gasteiger partial charge is 0.497 e. The molecule has 3 aromatic rings. The van der Waals surface area contributed by atoms with Crippen LogP contribution in [0.3, 0.4) is 0 Å². The molecule has 3 N–H and O–H groups in total. The monoisotopic (exact) mass is 580 g/mol. The molecule has 224 valence electrons. The Morgan fingerprint density at radius 1 is 1.19 bits per heavy atom. The summed E-state index contributed by atoms with van der Waals surface area (Å²) in [6, 6.07) is 11.4. The van der Waals surface area contributed by atoms with Gasteiger partial charge in [-0.1, -0.05) is 6.92 Å². The second-order valence-electron chi connectivity index (χ2n) is 10.3. The highest BCUT2D eigenvalue weighted by molar-refractivity contribution is 5.91. The molecule has 14 heteroatoms. The fourth-order valence-electron chi connectivity index (χ4n) is 4.57. The zero-order valence-electron chi connectivity index (χ0n) is 24.1. The van der Waals surface area contributed by atoms with E-state index < -0.39 is 12.1 Å². The van der Waals surface area contributed by atoms with Gasteiger partial charge >= 0.3 is 6.03 Å². The number of aliphatic hydroxyl groups is 1. The summed E-state index contributed by atoms with van der Waals surface area (Å²) in [6.45, 7) is 4.00. The van der Waals surface area contributed by atoms with E-state index in [1.807, 2.05) is 6.92 Å². The number of nitrogens with one attached hydrogen (secondary N) is 2. The summed E-state index contributed by atoms with van der Waals surface area (Å²) in [5, 5.41) is 26.3. The SMILES string of the molecule is COc1ccc(NC(=O)N(C)C[C@@H]2Oc3ccc(NC(=O)Cn4cnnn4)cc3CC(=O)N([C@@H](C)CO)C[C@H]2C)cc1. The summed E-state index contributed by atoms with van der Waals surface area (Å²) in [5.41, 5.74) is 1.66. The summed E-state index contributed by atoms with van der Waals surface area (Å²) in [7, 11) is 3.24. The second kappa shape index (κ2) is 13.8. The number of nitrogens with zero attached hydrogens (tertiary/aromatic N) is 6. The van der Waals surface area contributed by atoms with E-state index in [9.17, 15) is 19.5 Å². The van der Waals surface area contributed by atoms with Gasteiger partial charge in [-0.25, -0.2) is 9.48 Å². The zero-order valence-corrected chi connectivity index (χ0v) is 24.1. The first-order chi connectivity index (χ1) is 20.2. The van der Waals surface area contributed by atoms with Crippen LogP contribution in [0.2, 0.25) is 0 Å². The topological polar surface area (TPSA) is 164 Å². The minimum atomic E-state index is -0.491. The second-order valence-corrected chi connectivity index (χ2v) is 10.3. The maximum Gasteiger partial charge on any atom is 0.321 e. The van der Waals surface area contributed by atoms with Gasteiger partial charge in [0.25, 0.3) is 0 Å². The van der Waals surface area contributed by atoms with Crippen molar-refractivity contribution in [1.82, 2.24) is 30.0 Å². The molecule has 14 nitrogen and oxygen atoms in total. The van der Waals surface area contributed by atoms with E-state index >= 15 is 0 Å². The lowest BCUT2D eigenvalue weighted by Crippen LogP contribution is -2.48. The van der Waals surface area contributed by atoms with Crippen LogP contribution in [0.1, 0.15) is 19.4 Å². The van der Waals surface area contributed by atoms with Crippen molar-refractivity contribution in [3.8, 4) is 11.5 Å². The normalized spacial score (nSPS) is 17.5. The number of likely N-dealkylation sites (N-methyl/N-ethyl adjacent to an activating group) is 1. The van der Waals surface area contributed by atoms with E-state index in [-0.39, 0.29) is 49.9 Å². The Kier molecular flexibility index (Phi) is 9.91. The van der Waals surface area contributed by atoms with E-state index in [0.29, 0.717) is 35.0 Å². The number of benzene rings is 2. The number of hydrogen-bond acceptors (Lipinski definition) is 9. The van der Waals surface area contributed by atoms with Gasteiger partial charge < -0.3 is 35.0 Å². The van der Waals surface area contributed by atoms with E-state index in [1.54, 1.807) is 68.4 Å². The zero-order chi connectivity index (χ0) is 30.2. The van der Waals surface area contributed by atoms with E-state index in [1.165, 1.54) is 15.9 Å². The maximum absolute atomic E-state index is 13.4. The lowest BCUT2D eigenvalue weighted by molar-refractivity contribution is -0.134. The molecule has 1 aliphatic rings. The predicted octanol–water partition coefficient (Wildman–Crippen LogP) is 1.63. The van der Waals surface area contributed by atoms with Gasteiger partial charge in [-0.05, 0) is 59.8 Å². The standard InChI is InChI=1S/C28H36N8O6/c1-18-13-36(19(2)16-37)27(39)12-20-11-22(30-26(38)15-35-17-29-32-33-35)7-10-24(20)42-25(18)14-34(3)28(40)31-21-5-8-23(41-4)9-6-21/h5-11,17-19,25,37H,12-16H2,1-4H3,(H,30,38)(H,31,40)/t18-,19+,25+/m1/s1. The first kappa shape index (κ1) is 30.2. The highest BCUT2D eigenvalue weighted by atomic mass is 16.5. The highest BCUT2D eigenvalue weighted by Gasteiger charge is 2.32. The molecule has 1 aliphatic heterocycles. The van der Waals surface area contributed by atoms with Crippen LogP contribution in [0.5, 0.6) is 11.5 Å². The summed E-state index contributed by atoms with van der Waals surface area (Å²) < 4.78 is 12.9. The number of aromatic nitrogens is 4. The third kappa shape index (κ3) is 7.72. The van der Waals surface area contributed by atoms with E-state index in [4.69, 9.17) is 9.47 Å². The molecule has 4 amide bonds. The average molecular weight is 581 g/mol. The molecule has 4 rings (SSSR count). The van der Waals surface area contributed by atoms with Crippen molar-refractivity contribution >= 4 is 29.2 Å². The molecule has 0 spiro atoms. The molecule has 42 heavy (non-hydrogen) atoms. The molecule has 0 radical (unpaired) electrons. The number of hydrogen-bond donors (Lipinski definition) is 3. The van der Waals surface area contributed by atoms with Crippen molar-refractivity contribution in [3.05, 3.63) is 54.4 Å². The number of anilines is 2. The van der Waals surface area contributed by atoms with Crippen molar-refractivity contribution in [2.45, 2.75) is 39.0 Å². The summed E-state index contributed by atoms with van der Waals surface area (Å²) in [6.07, 6.45) is 0.849. The third-order valence-electron chi connectivity index (χ3n) is 7.04. The van der Waals surface area contributed by atoms with Crippen molar-refractivity contribution in [1.29, 1.82) is 0 Å². The Morgan fingerprint density at radius 2 is 1.93 bits per heavy atom. The maximum atomic E-state index is 13.4. The molecule has 0 unspecified atom stereocenters. The first-order valence-corrected chi connectivity index (χ1v) is 13.5. The highest BCUT2D eigenvalue weighted by Crippen LogP contribution is 2.29. The number of aliphatic hydroxyl groups excluding tert-OH is 1. The summed E-state index contributed by atoms with van der Waals surface area (Å²) in [5.74, 6) is 0.432. The van der Waals surface area contributed by atoms with Crippen LogP contribution in [0.25, 0.3) is 0 Å². The molecule has 0 fully saturated rings. The average Bonchev–Trinajstić information content (AvgIpc) is 3.49. The van der Waals surface area contributed by atoms with Crippen LogP contribution < -0.4 is 20.1 Å². The number of carbonyl (C=O) groups excluding carboxylic acids is 3. The van der Waals surface area contributed by atoms with E-state index in [2.05, 4.69) is 26.2 Å². The van der Waals surface area contributed by atoms with Gasteiger partial charge in [0.2, 0.25) is 11.8 Å². The van der Waals surface area contributed by atoms with E-state index in [0.717, 1.165) is 0 Å². The van der Waals surface area contributed by atoms with Gasteiger partial charge in [0.1, 0.15) is 30.5 Å². The molecule has 2 aromatic carbocycles. The Morgan fingerprint density at radius 3 is 2.60 bits per heavy atom. The van der Waals surface area contributed by atoms with Gasteiger partial charge in [0.05, 0.1) is 32.7 Å². The van der Waals surface area contributed by atoms with Crippen LogP contribution >= 0.6 is 0 Å². The predicted molar refractivity (Wildman–Crippen MR) is 153 cm³/mol. The minimum Gasteiger partial charge on any atom is -0.497 e. The van der Waals surface area contributed by atoms with Crippen LogP contribution in [0.4, 0.5) is 16.2 Å². The molecular formula is C28H36N8O6. The number of rotatable bonds is 9. The number of urea groups is 1. The molecule has 0 aliphatic carbocycles. The Balaban J connectivity index is 1.54. The Hall–Kier alpha value is -4.72.